The summed E-state index contributed by atoms with van der Waals surface area (Å²) < 4.78 is 16.3. The van der Waals surface area contributed by atoms with Crippen molar-refractivity contribution in [2.45, 2.75) is 38.1 Å². The molecule has 0 unspecified atom stereocenters. The first-order valence-electron chi connectivity index (χ1n) is 10.2. The molecule has 31 heavy (non-hydrogen) atoms. The number of anilines is 2. The Morgan fingerprint density at radius 1 is 1.23 bits per heavy atom. The number of hydrogen-bond acceptors (Lipinski definition) is 6. The third-order valence-corrected chi connectivity index (χ3v) is 5.58. The van der Waals surface area contributed by atoms with Gasteiger partial charge in [0.25, 0.3) is 5.91 Å². The zero-order chi connectivity index (χ0) is 21.4. The lowest BCUT2D eigenvalue weighted by atomic mass is 10.1. The molecule has 1 amide bonds. The molecule has 0 saturated heterocycles. The van der Waals surface area contributed by atoms with Gasteiger partial charge in [-0.1, -0.05) is 12.8 Å². The van der Waals surface area contributed by atoms with Gasteiger partial charge in [-0.15, -0.1) is 0 Å². The van der Waals surface area contributed by atoms with E-state index in [1.54, 1.807) is 12.4 Å². The molecular weight excluding hydrogens is 399 g/mol. The number of H-pyrrole nitrogens is 1. The van der Waals surface area contributed by atoms with Crippen LogP contribution in [0.25, 0.3) is 11.2 Å². The third-order valence-electron chi connectivity index (χ3n) is 5.58. The number of nitrogens with zero attached hydrogens (tertiary/aromatic N) is 5. The Bertz CT molecular complexity index is 1240. The maximum absolute atomic E-state index is 14.4. The molecule has 0 aliphatic heterocycles. The molecule has 9 nitrogen and oxygen atoms in total. The molecule has 1 saturated carbocycles. The lowest BCUT2D eigenvalue weighted by Crippen LogP contribution is -2.17. The molecule has 5 rings (SSSR count). The van der Waals surface area contributed by atoms with Crippen molar-refractivity contribution in [3.63, 3.8) is 0 Å². The second-order valence-corrected chi connectivity index (χ2v) is 7.71. The van der Waals surface area contributed by atoms with E-state index in [0.29, 0.717) is 34.9 Å². The second-order valence-electron chi connectivity index (χ2n) is 7.71. The van der Waals surface area contributed by atoms with Crippen LogP contribution >= 0.6 is 0 Å². The van der Waals surface area contributed by atoms with Gasteiger partial charge in [-0.25, -0.2) is 24.3 Å². The Morgan fingerprint density at radius 3 is 2.81 bits per heavy atom. The number of aromatic amines is 1. The Kier molecular flexibility index (Phi) is 4.81. The maximum Gasteiger partial charge on any atom is 0.269 e. The van der Waals surface area contributed by atoms with Crippen molar-refractivity contribution in [1.82, 2.24) is 29.5 Å². The van der Waals surface area contributed by atoms with E-state index in [1.807, 2.05) is 10.6 Å². The van der Waals surface area contributed by atoms with Gasteiger partial charge in [0.15, 0.2) is 11.3 Å². The number of fused-ring (bicyclic) bond motifs is 1. The van der Waals surface area contributed by atoms with Gasteiger partial charge in [0.1, 0.15) is 23.5 Å². The number of primary amides is 1. The number of nitrogens with two attached hydrogens (primary N) is 1. The molecule has 3 aromatic heterocycles. The smallest absolute Gasteiger partial charge is 0.269 e. The standard InChI is InChI=1S/C21H21FN8O/c22-14-7-12(8-15(9-14)28-21-24-5-6-25-21)10-30-17-16(18(23)31)26-11-27-19(17)29-20(30)13-3-1-2-4-13/h5-9,11,13H,1-4,10H2,(H2,23,31)(H2,24,25,28). The average Bonchev–Trinajstić information content (AvgIpc) is 3.48. The Labute approximate surface area is 176 Å². The molecule has 1 fully saturated rings. The summed E-state index contributed by atoms with van der Waals surface area (Å²) in [5, 5.41) is 3.05. The van der Waals surface area contributed by atoms with Crippen molar-refractivity contribution in [2.24, 2.45) is 5.73 Å². The zero-order valence-corrected chi connectivity index (χ0v) is 16.7. The van der Waals surface area contributed by atoms with E-state index in [2.05, 4.69) is 25.3 Å². The fourth-order valence-corrected chi connectivity index (χ4v) is 4.29. The average molecular weight is 420 g/mol. The lowest BCUT2D eigenvalue weighted by Gasteiger charge is -2.15. The van der Waals surface area contributed by atoms with Gasteiger partial charge in [0.05, 0.1) is 0 Å². The maximum atomic E-state index is 14.4. The summed E-state index contributed by atoms with van der Waals surface area (Å²) in [6.07, 6.45) is 8.86. The molecule has 0 bridgehead atoms. The van der Waals surface area contributed by atoms with Crippen LogP contribution in [0.2, 0.25) is 0 Å². The number of aromatic nitrogens is 6. The van der Waals surface area contributed by atoms with E-state index < -0.39 is 5.91 Å². The van der Waals surface area contributed by atoms with Crippen LogP contribution in [0.1, 0.15) is 53.5 Å². The fraction of sp³-hybridized carbons (Fsp3) is 0.286. The van der Waals surface area contributed by atoms with Gasteiger partial charge >= 0.3 is 0 Å². The number of hydrogen-bond donors (Lipinski definition) is 3. The lowest BCUT2D eigenvalue weighted by molar-refractivity contribution is 0.0997. The normalized spacial score (nSPS) is 14.4. The number of halogens is 1. The minimum atomic E-state index is -0.647. The van der Waals surface area contributed by atoms with Gasteiger partial charge < -0.3 is 20.6 Å². The largest absolute Gasteiger partial charge is 0.364 e. The van der Waals surface area contributed by atoms with Crippen molar-refractivity contribution in [2.75, 3.05) is 5.32 Å². The topological polar surface area (TPSA) is 127 Å². The van der Waals surface area contributed by atoms with Crippen LogP contribution in [0, 0.1) is 5.82 Å². The van der Waals surface area contributed by atoms with Crippen molar-refractivity contribution in [3.05, 3.63) is 59.8 Å². The van der Waals surface area contributed by atoms with Crippen molar-refractivity contribution in [3.8, 4) is 0 Å². The molecule has 3 heterocycles. The number of benzene rings is 1. The van der Waals surface area contributed by atoms with Gasteiger partial charge in [0, 0.05) is 30.5 Å². The highest BCUT2D eigenvalue weighted by molar-refractivity contribution is 6.01. The summed E-state index contributed by atoms with van der Waals surface area (Å²) in [4.78, 5) is 32.2. The van der Waals surface area contributed by atoms with Crippen LogP contribution < -0.4 is 11.1 Å². The summed E-state index contributed by atoms with van der Waals surface area (Å²) in [7, 11) is 0. The Morgan fingerprint density at radius 2 is 2.06 bits per heavy atom. The molecule has 1 aliphatic carbocycles. The van der Waals surface area contributed by atoms with E-state index in [0.717, 1.165) is 31.5 Å². The predicted molar refractivity (Wildman–Crippen MR) is 112 cm³/mol. The van der Waals surface area contributed by atoms with E-state index >= 15 is 0 Å². The first-order chi connectivity index (χ1) is 15.1. The van der Waals surface area contributed by atoms with Crippen LogP contribution in [0.5, 0.6) is 0 Å². The Balaban J connectivity index is 1.60. The molecule has 0 radical (unpaired) electrons. The Hall–Kier alpha value is -3.82. The number of amides is 1. The molecule has 4 N–H and O–H groups in total. The van der Waals surface area contributed by atoms with Crippen molar-refractivity contribution < 1.29 is 9.18 Å². The first-order valence-corrected chi connectivity index (χ1v) is 10.2. The van der Waals surface area contributed by atoms with Gasteiger partial charge in [0.2, 0.25) is 5.95 Å². The van der Waals surface area contributed by atoms with Crippen molar-refractivity contribution >= 4 is 28.7 Å². The van der Waals surface area contributed by atoms with E-state index in [9.17, 15) is 9.18 Å². The van der Waals surface area contributed by atoms with E-state index in [4.69, 9.17) is 10.7 Å². The number of imidazole rings is 2. The van der Waals surface area contributed by atoms with Crippen LogP contribution in [-0.2, 0) is 6.54 Å². The second kappa shape index (κ2) is 7.78. The summed E-state index contributed by atoms with van der Waals surface area (Å²) in [6, 6.07) is 4.70. The monoisotopic (exact) mass is 420 g/mol. The molecular formula is C21H21FN8O. The summed E-state index contributed by atoms with van der Waals surface area (Å²) >= 11 is 0. The first kappa shape index (κ1) is 19.2. The minimum absolute atomic E-state index is 0.118. The van der Waals surface area contributed by atoms with Crippen LogP contribution in [-0.4, -0.2) is 35.4 Å². The van der Waals surface area contributed by atoms with E-state index in [-0.39, 0.29) is 17.4 Å². The van der Waals surface area contributed by atoms with Crippen LogP contribution in [0.4, 0.5) is 16.0 Å². The number of rotatable bonds is 6. The van der Waals surface area contributed by atoms with Gasteiger partial charge in [-0.05, 0) is 36.6 Å². The summed E-state index contributed by atoms with van der Waals surface area (Å²) in [6.45, 7) is 0.306. The summed E-state index contributed by atoms with van der Waals surface area (Å²) in [5.74, 6) is 0.570. The van der Waals surface area contributed by atoms with Crippen LogP contribution in [0.3, 0.4) is 0 Å². The fourth-order valence-electron chi connectivity index (χ4n) is 4.29. The molecule has 0 spiro atoms. The van der Waals surface area contributed by atoms with E-state index in [1.165, 1.54) is 18.5 Å². The minimum Gasteiger partial charge on any atom is -0.364 e. The SMILES string of the molecule is NC(=O)c1ncnc2nc(C3CCCC3)n(Cc3cc(F)cc(Nc4ncc[nH]4)c3)c12. The molecule has 10 heteroatoms. The number of nitrogens with one attached hydrogen (secondary N) is 2. The zero-order valence-electron chi connectivity index (χ0n) is 16.7. The highest BCUT2D eigenvalue weighted by Gasteiger charge is 2.27. The molecule has 4 aromatic rings. The predicted octanol–water partition coefficient (Wildman–Crippen LogP) is 3.24. The van der Waals surface area contributed by atoms with Crippen LogP contribution in [0.15, 0.2) is 36.9 Å². The molecule has 158 valence electrons. The number of carbonyl (C=O) groups excluding carboxylic acids is 1. The molecule has 1 aromatic carbocycles. The third kappa shape index (κ3) is 3.72. The highest BCUT2D eigenvalue weighted by atomic mass is 19.1. The summed E-state index contributed by atoms with van der Waals surface area (Å²) in [5.41, 5.74) is 7.87. The quantitative estimate of drug-likeness (QED) is 0.439. The van der Waals surface area contributed by atoms with Gasteiger partial charge in [-0.2, -0.15) is 0 Å². The van der Waals surface area contributed by atoms with Gasteiger partial charge in [-0.3, -0.25) is 4.79 Å². The molecule has 1 aliphatic rings. The highest BCUT2D eigenvalue weighted by Crippen LogP contribution is 2.36. The number of carbonyl (C=O) groups is 1. The van der Waals surface area contributed by atoms with Crippen molar-refractivity contribution in [1.29, 1.82) is 0 Å². The molecule has 0 atom stereocenters.